The quantitative estimate of drug-likeness (QED) is 0.806. The van der Waals surface area contributed by atoms with E-state index in [1.807, 2.05) is 0 Å². The molecule has 1 atom stereocenters. The van der Waals surface area contributed by atoms with Gasteiger partial charge < -0.3 is 10.2 Å². The van der Waals surface area contributed by atoms with Crippen LogP contribution in [-0.2, 0) is 9.84 Å². The zero-order valence-corrected chi connectivity index (χ0v) is 15.6. The number of nitrogens with zero attached hydrogens (tertiary/aromatic N) is 1. The minimum absolute atomic E-state index is 0.00838. The molecule has 2 saturated carbocycles. The lowest BCUT2D eigenvalue weighted by atomic mass is 9.86. The van der Waals surface area contributed by atoms with Crippen LogP contribution in [0.5, 0.6) is 0 Å². The molecule has 134 valence electrons. The van der Waals surface area contributed by atoms with Crippen molar-refractivity contribution in [3.8, 4) is 0 Å². The maximum Gasteiger partial charge on any atom is 0.317 e. The average molecular weight is 345 g/mol. The van der Waals surface area contributed by atoms with E-state index in [1.54, 1.807) is 18.9 Å². The average Bonchev–Trinajstić information content (AvgIpc) is 3.14. The first-order valence-corrected chi connectivity index (χ1v) is 11.0. The fourth-order valence-corrected chi connectivity index (χ4v) is 5.35. The number of carbonyl (C=O) groups excluding carboxylic acids is 1. The Balaban J connectivity index is 1.98. The molecular formula is C17H32N2O3S. The van der Waals surface area contributed by atoms with Crippen molar-refractivity contribution in [1.82, 2.24) is 10.2 Å². The summed E-state index contributed by atoms with van der Waals surface area (Å²) in [4.78, 5) is 14.2. The zero-order valence-electron chi connectivity index (χ0n) is 14.8. The van der Waals surface area contributed by atoms with Gasteiger partial charge >= 0.3 is 6.03 Å². The largest absolute Gasteiger partial charge is 0.335 e. The number of hydrogen-bond donors (Lipinski definition) is 1. The standard InChI is InChI=1S/C17H32N2O3S/c1-13(12-23(3,21)22)19(2)17(20)18-16(14-8-4-5-9-14)15-10-6-7-11-15/h13-16H,4-12H2,1-3H3,(H,18,20)/t13-/m1/s1. The summed E-state index contributed by atoms with van der Waals surface area (Å²) in [6.45, 7) is 1.79. The number of urea groups is 1. The molecule has 0 unspecified atom stereocenters. The summed E-state index contributed by atoms with van der Waals surface area (Å²) in [5.74, 6) is 1.20. The predicted molar refractivity (Wildman–Crippen MR) is 93.2 cm³/mol. The fourth-order valence-electron chi connectivity index (χ4n) is 4.25. The van der Waals surface area contributed by atoms with Gasteiger partial charge in [0.25, 0.3) is 0 Å². The van der Waals surface area contributed by atoms with Crippen LogP contribution in [0, 0.1) is 11.8 Å². The van der Waals surface area contributed by atoms with Gasteiger partial charge in [-0.1, -0.05) is 25.7 Å². The van der Waals surface area contributed by atoms with Gasteiger partial charge in [-0.05, 0) is 44.4 Å². The lowest BCUT2D eigenvalue weighted by molar-refractivity contribution is 0.177. The molecule has 0 spiro atoms. The highest BCUT2D eigenvalue weighted by Gasteiger charge is 2.35. The van der Waals surface area contributed by atoms with Crippen LogP contribution in [0.4, 0.5) is 4.79 Å². The zero-order chi connectivity index (χ0) is 17.0. The number of rotatable bonds is 6. The maximum atomic E-state index is 12.6. The molecule has 2 aliphatic carbocycles. The molecule has 0 saturated heterocycles. The van der Waals surface area contributed by atoms with Crippen molar-refractivity contribution in [3.05, 3.63) is 0 Å². The molecule has 0 bridgehead atoms. The Morgan fingerprint density at radius 2 is 1.52 bits per heavy atom. The molecule has 5 nitrogen and oxygen atoms in total. The third-order valence-corrected chi connectivity index (χ3v) is 6.72. The van der Waals surface area contributed by atoms with Crippen LogP contribution in [0.15, 0.2) is 0 Å². The molecule has 23 heavy (non-hydrogen) atoms. The number of hydrogen-bond acceptors (Lipinski definition) is 3. The van der Waals surface area contributed by atoms with E-state index < -0.39 is 9.84 Å². The first-order valence-electron chi connectivity index (χ1n) is 8.99. The molecule has 2 amide bonds. The number of carbonyl (C=O) groups is 1. The van der Waals surface area contributed by atoms with Crippen LogP contribution in [-0.4, -0.2) is 50.5 Å². The van der Waals surface area contributed by atoms with Gasteiger partial charge in [0.05, 0.1) is 5.75 Å². The Morgan fingerprint density at radius 1 is 1.09 bits per heavy atom. The Labute approximate surface area is 141 Å². The van der Waals surface area contributed by atoms with Gasteiger partial charge in [0, 0.05) is 25.4 Å². The minimum Gasteiger partial charge on any atom is -0.335 e. The van der Waals surface area contributed by atoms with Gasteiger partial charge in [0.2, 0.25) is 0 Å². The van der Waals surface area contributed by atoms with Crippen molar-refractivity contribution >= 4 is 15.9 Å². The molecule has 0 aliphatic heterocycles. The summed E-state index contributed by atoms with van der Waals surface area (Å²) >= 11 is 0. The molecule has 0 aromatic carbocycles. The van der Waals surface area contributed by atoms with Crippen molar-refractivity contribution in [2.75, 3.05) is 19.1 Å². The highest BCUT2D eigenvalue weighted by atomic mass is 32.2. The molecule has 0 aromatic heterocycles. The molecule has 2 rings (SSSR count). The van der Waals surface area contributed by atoms with E-state index >= 15 is 0 Å². The van der Waals surface area contributed by atoms with Gasteiger partial charge in [-0.25, -0.2) is 13.2 Å². The number of nitrogens with one attached hydrogen (secondary N) is 1. The smallest absolute Gasteiger partial charge is 0.317 e. The molecule has 1 N–H and O–H groups in total. The maximum absolute atomic E-state index is 12.6. The van der Waals surface area contributed by atoms with Crippen LogP contribution in [0.2, 0.25) is 0 Å². The van der Waals surface area contributed by atoms with E-state index in [1.165, 1.54) is 57.6 Å². The van der Waals surface area contributed by atoms with Crippen molar-refractivity contribution in [1.29, 1.82) is 0 Å². The normalized spacial score (nSPS) is 21.7. The van der Waals surface area contributed by atoms with Crippen molar-refractivity contribution < 1.29 is 13.2 Å². The van der Waals surface area contributed by atoms with Gasteiger partial charge in [-0.15, -0.1) is 0 Å². The molecule has 6 heteroatoms. The Hall–Kier alpha value is -0.780. The first-order chi connectivity index (χ1) is 10.8. The van der Waals surface area contributed by atoms with E-state index in [9.17, 15) is 13.2 Å². The van der Waals surface area contributed by atoms with Crippen molar-refractivity contribution in [2.24, 2.45) is 11.8 Å². The lowest BCUT2D eigenvalue weighted by Crippen LogP contribution is -2.52. The number of amides is 2. The Bertz CT molecular complexity index is 478. The SMILES string of the molecule is C[C@H](CS(C)(=O)=O)N(C)C(=O)NC(C1CCCC1)C1CCCC1. The molecule has 2 fully saturated rings. The van der Waals surface area contributed by atoms with Crippen molar-refractivity contribution in [3.63, 3.8) is 0 Å². The third kappa shape index (κ3) is 5.37. The van der Waals surface area contributed by atoms with E-state index in [4.69, 9.17) is 0 Å². The molecule has 0 heterocycles. The van der Waals surface area contributed by atoms with Crippen LogP contribution in [0.1, 0.15) is 58.3 Å². The van der Waals surface area contributed by atoms with Crippen LogP contribution >= 0.6 is 0 Å². The number of sulfone groups is 1. The Kier molecular flexibility index (Phi) is 6.34. The monoisotopic (exact) mass is 344 g/mol. The summed E-state index contributed by atoms with van der Waals surface area (Å²) in [7, 11) is -1.38. The summed E-state index contributed by atoms with van der Waals surface area (Å²) < 4.78 is 22.9. The van der Waals surface area contributed by atoms with E-state index in [0.29, 0.717) is 11.8 Å². The first kappa shape index (κ1) is 18.6. The highest BCUT2D eigenvalue weighted by molar-refractivity contribution is 7.90. The molecular weight excluding hydrogens is 312 g/mol. The fraction of sp³-hybridized carbons (Fsp3) is 0.941. The molecule has 0 radical (unpaired) electrons. The summed E-state index contributed by atoms with van der Waals surface area (Å²) in [5.41, 5.74) is 0. The second-order valence-corrected chi connectivity index (χ2v) is 9.80. The van der Waals surface area contributed by atoms with E-state index in [2.05, 4.69) is 5.32 Å². The van der Waals surface area contributed by atoms with Crippen LogP contribution in [0.3, 0.4) is 0 Å². The lowest BCUT2D eigenvalue weighted by Gasteiger charge is -2.33. The molecule has 0 aromatic rings. The second-order valence-electron chi connectivity index (χ2n) is 7.62. The van der Waals surface area contributed by atoms with Crippen LogP contribution < -0.4 is 5.32 Å². The summed E-state index contributed by atoms with van der Waals surface area (Å²) in [6.07, 6.45) is 11.1. The van der Waals surface area contributed by atoms with Gasteiger partial charge in [-0.2, -0.15) is 0 Å². The van der Waals surface area contributed by atoms with E-state index in [-0.39, 0.29) is 23.9 Å². The van der Waals surface area contributed by atoms with Crippen molar-refractivity contribution in [2.45, 2.75) is 70.4 Å². The highest BCUT2D eigenvalue weighted by Crippen LogP contribution is 2.37. The minimum atomic E-state index is -3.08. The predicted octanol–water partition coefficient (Wildman–Crippen LogP) is 2.81. The molecule has 2 aliphatic rings. The van der Waals surface area contributed by atoms with Gasteiger partial charge in [0.1, 0.15) is 9.84 Å². The summed E-state index contributed by atoms with van der Waals surface area (Å²) in [5, 5.41) is 3.26. The van der Waals surface area contributed by atoms with Gasteiger partial charge in [-0.3, -0.25) is 0 Å². The summed E-state index contributed by atoms with van der Waals surface area (Å²) in [6, 6.07) is -0.164. The van der Waals surface area contributed by atoms with Gasteiger partial charge in [0.15, 0.2) is 0 Å². The second kappa shape index (κ2) is 7.86. The van der Waals surface area contributed by atoms with E-state index in [0.717, 1.165) is 0 Å². The van der Waals surface area contributed by atoms with Crippen LogP contribution in [0.25, 0.3) is 0 Å². The topological polar surface area (TPSA) is 66.5 Å². The third-order valence-electron chi connectivity index (χ3n) is 5.63. The Morgan fingerprint density at radius 3 is 1.91 bits per heavy atom.